The van der Waals surface area contributed by atoms with E-state index in [2.05, 4.69) is 12.2 Å². The first kappa shape index (κ1) is 17.9. The average Bonchev–Trinajstić information content (AvgIpc) is 2.53. The zero-order valence-electron chi connectivity index (χ0n) is 13.6. The summed E-state index contributed by atoms with van der Waals surface area (Å²) in [6.45, 7) is 2.47. The second-order valence-corrected chi connectivity index (χ2v) is 8.11. The van der Waals surface area contributed by atoms with Crippen LogP contribution in [0.4, 0.5) is 0 Å². The van der Waals surface area contributed by atoms with Crippen molar-refractivity contribution in [1.29, 1.82) is 0 Å². The average molecular weight is 338 g/mol. The van der Waals surface area contributed by atoms with Gasteiger partial charge in [-0.3, -0.25) is 4.79 Å². The van der Waals surface area contributed by atoms with Gasteiger partial charge >= 0.3 is 0 Å². The maximum absolute atomic E-state index is 12.1. The van der Waals surface area contributed by atoms with E-state index in [0.717, 1.165) is 5.56 Å². The zero-order valence-corrected chi connectivity index (χ0v) is 14.4. The van der Waals surface area contributed by atoms with Crippen LogP contribution in [0.3, 0.4) is 0 Å². The van der Waals surface area contributed by atoms with Crippen LogP contribution < -0.4 is 10.5 Å². The van der Waals surface area contributed by atoms with Crippen LogP contribution in [-0.2, 0) is 21.4 Å². The molecular weight excluding hydrogens is 312 g/mol. The second kappa shape index (κ2) is 7.93. The van der Waals surface area contributed by atoms with Gasteiger partial charge in [-0.2, -0.15) is 0 Å². The topological polar surface area (TPSA) is 89.3 Å². The molecule has 3 N–H and O–H groups in total. The molecule has 1 saturated carbocycles. The lowest BCUT2D eigenvalue weighted by atomic mass is 9.79. The molecule has 23 heavy (non-hydrogen) atoms. The summed E-state index contributed by atoms with van der Waals surface area (Å²) in [5.74, 6) is 1.07. The van der Waals surface area contributed by atoms with Gasteiger partial charge in [0.05, 0.1) is 4.90 Å². The summed E-state index contributed by atoms with van der Waals surface area (Å²) in [4.78, 5) is 12.2. The Morgan fingerprint density at radius 1 is 1.30 bits per heavy atom. The molecule has 1 fully saturated rings. The molecule has 1 unspecified atom stereocenters. The van der Waals surface area contributed by atoms with Crippen molar-refractivity contribution >= 4 is 15.9 Å². The monoisotopic (exact) mass is 338 g/mol. The minimum absolute atomic E-state index is 0.0177. The lowest BCUT2D eigenvalue weighted by Gasteiger charge is -2.27. The van der Waals surface area contributed by atoms with E-state index >= 15 is 0 Å². The molecule has 1 aromatic carbocycles. The molecule has 0 aliphatic heterocycles. The Balaban J connectivity index is 1.84. The highest BCUT2D eigenvalue weighted by Crippen LogP contribution is 2.31. The van der Waals surface area contributed by atoms with Crippen LogP contribution in [0.25, 0.3) is 0 Å². The molecule has 2 rings (SSSR count). The molecule has 128 valence electrons. The molecule has 0 spiro atoms. The minimum atomic E-state index is -3.71. The molecular formula is C17H26N2O3S. The molecule has 0 heterocycles. The Kier molecular flexibility index (Phi) is 6.18. The highest BCUT2D eigenvalue weighted by Gasteiger charge is 2.22. The fourth-order valence-electron chi connectivity index (χ4n) is 3.27. The second-order valence-electron chi connectivity index (χ2n) is 6.55. The molecule has 0 saturated heterocycles. The maximum Gasteiger partial charge on any atom is 0.238 e. The van der Waals surface area contributed by atoms with E-state index in [1.807, 2.05) is 0 Å². The number of carbonyl (C=O) groups is 1. The van der Waals surface area contributed by atoms with Crippen molar-refractivity contribution in [1.82, 2.24) is 5.32 Å². The van der Waals surface area contributed by atoms with Crippen molar-refractivity contribution < 1.29 is 13.2 Å². The predicted octanol–water partition coefficient (Wildman–Crippen LogP) is 2.56. The molecule has 1 atom stereocenters. The van der Waals surface area contributed by atoms with Gasteiger partial charge in [0.15, 0.2) is 0 Å². The number of sulfonamides is 1. The van der Waals surface area contributed by atoms with Gasteiger partial charge in [0.2, 0.25) is 15.9 Å². The third-order valence-corrected chi connectivity index (χ3v) is 5.59. The van der Waals surface area contributed by atoms with E-state index in [1.165, 1.54) is 44.2 Å². The van der Waals surface area contributed by atoms with Crippen molar-refractivity contribution in [3.8, 4) is 0 Å². The fourth-order valence-corrected chi connectivity index (χ4v) is 3.85. The van der Waals surface area contributed by atoms with Crippen LogP contribution in [0.15, 0.2) is 29.2 Å². The molecule has 6 heteroatoms. The summed E-state index contributed by atoms with van der Waals surface area (Å²) in [6, 6.07) is 6.36. The number of nitrogens with two attached hydrogens (primary N) is 1. The lowest BCUT2D eigenvalue weighted by Crippen LogP contribution is -2.27. The predicted molar refractivity (Wildman–Crippen MR) is 90.0 cm³/mol. The minimum Gasteiger partial charge on any atom is -0.352 e. The summed E-state index contributed by atoms with van der Waals surface area (Å²) < 4.78 is 22.7. The molecule has 0 bridgehead atoms. The Morgan fingerprint density at radius 2 is 2.00 bits per heavy atom. The zero-order chi connectivity index (χ0) is 16.9. The summed E-state index contributed by atoms with van der Waals surface area (Å²) in [7, 11) is -3.71. The molecule has 0 aromatic heterocycles. The maximum atomic E-state index is 12.1. The fraction of sp³-hybridized carbons (Fsp3) is 0.588. The van der Waals surface area contributed by atoms with E-state index in [-0.39, 0.29) is 10.8 Å². The standard InChI is InChI=1S/C17H26N2O3S/c1-13(15-7-3-2-4-8-15)10-17(20)19-12-14-6-5-9-16(11-14)23(18,21)22/h5-6,9,11,13,15H,2-4,7-8,10,12H2,1H3,(H,19,20)(H2,18,21,22). The Morgan fingerprint density at radius 3 is 2.65 bits per heavy atom. The quantitative estimate of drug-likeness (QED) is 0.835. The third kappa shape index (κ3) is 5.62. The summed E-state index contributed by atoms with van der Waals surface area (Å²) in [5.41, 5.74) is 0.732. The Hall–Kier alpha value is -1.40. The SMILES string of the molecule is CC(CC(=O)NCc1cccc(S(N)(=O)=O)c1)C1CCCCC1. The van der Waals surface area contributed by atoms with Gasteiger partial charge in [0.25, 0.3) is 0 Å². The van der Waals surface area contributed by atoms with E-state index in [9.17, 15) is 13.2 Å². The van der Waals surface area contributed by atoms with Crippen LogP contribution in [0.5, 0.6) is 0 Å². The molecule has 0 radical (unpaired) electrons. The first-order valence-electron chi connectivity index (χ1n) is 8.24. The number of hydrogen-bond donors (Lipinski definition) is 2. The number of amides is 1. The first-order valence-corrected chi connectivity index (χ1v) is 9.79. The van der Waals surface area contributed by atoms with Crippen LogP contribution in [0.2, 0.25) is 0 Å². The molecule has 1 aliphatic carbocycles. The lowest BCUT2D eigenvalue weighted by molar-refractivity contribution is -0.122. The molecule has 1 aromatic rings. The van der Waals surface area contributed by atoms with Crippen LogP contribution >= 0.6 is 0 Å². The van der Waals surface area contributed by atoms with Crippen LogP contribution in [0, 0.1) is 11.8 Å². The van der Waals surface area contributed by atoms with E-state index in [1.54, 1.807) is 12.1 Å². The third-order valence-electron chi connectivity index (χ3n) is 4.68. The highest BCUT2D eigenvalue weighted by molar-refractivity contribution is 7.89. The van der Waals surface area contributed by atoms with Crippen molar-refractivity contribution in [2.45, 2.75) is 56.9 Å². The van der Waals surface area contributed by atoms with E-state index < -0.39 is 10.0 Å². The van der Waals surface area contributed by atoms with E-state index in [0.29, 0.717) is 24.8 Å². The van der Waals surface area contributed by atoms with Gasteiger partial charge in [-0.25, -0.2) is 13.6 Å². The van der Waals surface area contributed by atoms with E-state index in [4.69, 9.17) is 5.14 Å². The number of primary sulfonamides is 1. The largest absolute Gasteiger partial charge is 0.352 e. The number of carbonyl (C=O) groups excluding carboxylic acids is 1. The first-order chi connectivity index (χ1) is 10.9. The Bertz CT molecular complexity index is 637. The Labute approximate surface area is 138 Å². The van der Waals surface area contributed by atoms with Crippen LogP contribution in [0.1, 0.15) is 51.0 Å². The number of hydrogen-bond acceptors (Lipinski definition) is 3. The molecule has 5 nitrogen and oxygen atoms in total. The number of nitrogens with one attached hydrogen (secondary N) is 1. The van der Waals surface area contributed by atoms with Gasteiger partial charge in [-0.15, -0.1) is 0 Å². The normalized spacial score (nSPS) is 17.7. The smallest absolute Gasteiger partial charge is 0.238 e. The van der Waals surface area contributed by atoms with Gasteiger partial charge in [-0.1, -0.05) is 51.2 Å². The summed E-state index contributed by atoms with van der Waals surface area (Å²) in [5, 5.41) is 7.99. The van der Waals surface area contributed by atoms with Crippen molar-refractivity contribution in [2.75, 3.05) is 0 Å². The molecule has 1 amide bonds. The molecule has 1 aliphatic rings. The van der Waals surface area contributed by atoms with Crippen molar-refractivity contribution in [3.05, 3.63) is 29.8 Å². The van der Waals surface area contributed by atoms with Crippen molar-refractivity contribution in [2.24, 2.45) is 17.0 Å². The van der Waals surface area contributed by atoms with Crippen LogP contribution in [-0.4, -0.2) is 14.3 Å². The van der Waals surface area contributed by atoms with Crippen molar-refractivity contribution in [3.63, 3.8) is 0 Å². The summed E-state index contributed by atoms with van der Waals surface area (Å²) >= 11 is 0. The van der Waals surface area contributed by atoms with Gasteiger partial charge in [0, 0.05) is 13.0 Å². The number of rotatable bonds is 6. The van der Waals surface area contributed by atoms with Gasteiger partial charge in [-0.05, 0) is 29.5 Å². The van der Waals surface area contributed by atoms with Gasteiger partial charge in [0.1, 0.15) is 0 Å². The van der Waals surface area contributed by atoms with Gasteiger partial charge < -0.3 is 5.32 Å². The number of benzene rings is 1. The highest BCUT2D eigenvalue weighted by atomic mass is 32.2. The summed E-state index contributed by atoms with van der Waals surface area (Å²) in [6.07, 6.45) is 6.85.